The van der Waals surface area contributed by atoms with Crippen molar-refractivity contribution in [3.05, 3.63) is 22.9 Å². The minimum atomic E-state index is -1.53. The maximum absolute atomic E-state index is 11.8. The van der Waals surface area contributed by atoms with Gasteiger partial charge in [0.2, 0.25) is 11.8 Å². The van der Waals surface area contributed by atoms with E-state index in [0.29, 0.717) is 4.91 Å². The van der Waals surface area contributed by atoms with Crippen molar-refractivity contribution in [2.24, 2.45) is 5.92 Å². The number of cyclic esters (lactones) is 1. The van der Waals surface area contributed by atoms with Gasteiger partial charge in [0, 0.05) is 12.5 Å². The molecule has 0 bridgehead atoms. The molecule has 3 aliphatic rings. The van der Waals surface area contributed by atoms with Crippen LogP contribution in [0, 0.1) is 5.92 Å². The molecule has 3 aliphatic heterocycles. The zero-order chi connectivity index (χ0) is 15.1. The molecule has 1 fully saturated rings. The molecule has 9 heteroatoms. The molecular formula is C12H11NO7S. The molecule has 112 valence electrons. The number of carboxylic acid groups (broad SMARTS) is 1. The number of β-lactam (4-membered cyclic amide) rings is 1. The number of hydrogen-bond acceptors (Lipinski definition) is 7. The van der Waals surface area contributed by atoms with Crippen LogP contribution in [0.5, 0.6) is 0 Å². The lowest BCUT2D eigenvalue weighted by Crippen LogP contribution is -2.58. The molecule has 8 nitrogen and oxygen atoms in total. The van der Waals surface area contributed by atoms with Crippen molar-refractivity contribution in [1.29, 1.82) is 0 Å². The molecule has 0 saturated carbocycles. The molecule has 0 aromatic heterocycles. The Balaban J connectivity index is 1.80. The van der Waals surface area contributed by atoms with Crippen molar-refractivity contribution in [2.75, 3.05) is 6.61 Å². The summed E-state index contributed by atoms with van der Waals surface area (Å²) in [7, 11) is 0. The van der Waals surface area contributed by atoms with E-state index in [1.165, 1.54) is 22.7 Å². The van der Waals surface area contributed by atoms with E-state index in [0.717, 1.165) is 0 Å². The Kier molecular flexibility index (Phi) is 3.38. The second-order valence-electron chi connectivity index (χ2n) is 4.64. The maximum atomic E-state index is 11.8. The van der Waals surface area contributed by atoms with Crippen LogP contribution in [-0.2, 0) is 19.1 Å². The fraction of sp³-hybridized carbons (Fsp3) is 0.417. The van der Waals surface area contributed by atoms with E-state index in [1.54, 1.807) is 6.08 Å². The Hall–Kier alpha value is -2.00. The molecule has 0 unspecified atom stereocenters. The summed E-state index contributed by atoms with van der Waals surface area (Å²) < 4.78 is 9.69. The van der Waals surface area contributed by atoms with E-state index >= 15 is 0 Å². The number of carbonyl (C=O) groups excluding carboxylic acids is 2. The summed E-state index contributed by atoms with van der Waals surface area (Å²) in [4.78, 5) is 35.4. The van der Waals surface area contributed by atoms with Crippen LogP contribution in [0.1, 0.15) is 6.42 Å². The van der Waals surface area contributed by atoms with Crippen molar-refractivity contribution < 1.29 is 34.1 Å². The summed E-state index contributed by atoms with van der Waals surface area (Å²) in [5.74, 6) is -1.46. The van der Waals surface area contributed by atoms with Crippen molar-refractivity contribution in [2.45, 2.75) is 17.9 Å². The van der Waals surface area contributed by atoms with Gasteiger partial charge in [0.05, 0.1) is 17.4 Å². The van der Waals surface area contributed by atoms with Crippen molar-refractivity contribution in [3.63, 3.8) is 0 Å². The van der Waals surface area contributed by atoms with E-state index in [-0.39, 0.29) is 30.2 Å². The molecule has 1 saturated heterocycles. The lowest BCUT2D eigenvalue weighted by molar-refractivity contribution is -0.152. The van der Waals surface area contributed by atoms with Gasteiger partial charge in [0.1, 0.15) is 11.5 Å². The number of aliphatic hydroxyl groups excluding tert-OH is 1. The number of amides is 1. The van der Waals surface area contributed by atoms with Crippen LogP contribution in [0.3, 0.4) is 0 Å². The SMILES string of the molecule is O=C(O)OC1=C(C[C@@H]2C=CC(=O)O2)S[C@@H]2[C@@H](CO)C(=O)N12. The van der Waals surface area contributed by atoms with Crippen LogP contribution in [0.2, 0.25) is 0 Å². The van der Waals surface area contributed by atoms with Crippen LogP contribution < -0.4 is 0 Å². The number of carbonyl (C=O) groups is 3. The molecule has 0 aromatic rings. The van der Waals surface area contributed by atoms with Crippen LogP contribution in [0.4, 0.5) is 4.79 Å². The number of nitrogens with zero attached hydrogens (tertiary/aromatic N) is 1. The summed E-state index contributed by atoms with van der Waals surface area (Å²) in [5, 5.41) is 17.6. The Bertz CT molecular complexity index is 584. The highest BCUT2D eigenvalue weighted by Crippen LogP contribution is 2.50. The molecule has 0 aliphatic carbocycles. The Morgan fingerprint density at radius 3 is 2.81 bits per heavy atom. The molecule has 0 radical (unpaired) electrons. The Labute approximate surface area is 123 Å². The average Bonchev–Trinajstić information content (AvgIpc) is 2.93. The molecule has 21 heavy (non-hydrogen) atoms. The zero-order valence-corrected chi connectivity index (χ0v) is 11.4. The molecule has 1 amide bonds. The highest BCUT2D eigenvalue weighted by Gasteiger charge is 2.55. The number of aliphatic hydroxyl groups is 1. The van der Waals surface area contributed by atoms with Crippen molar-refractivity contribution >= 4 is 29.8 Å². The third-order valence-corrected chi connectivity index (χ3v) is 4.76. The van der Waals surface area contributed by atoms with Gasteiger partial charge in [-0.3, -0.25) is 9.69 Å². The van der Waals surface area contributed by atoms with E-state index in [1.807, 2.05) is 0 Å². The maximum Gasteiger partial charge on any atom is 0.512 e. The summed E-state index contributed by atoms with van der Waals surface area (Å²) in [6, 6.07) is 0. The van der Waals surface area contributed by atoms with Gasteiger partial charge < -0.3 is 19.7 Å². The molecular weight excluding hydrogens is 302 g/mol. The topological polar surface area (TPSA) is 113 Å². The Morgan fingerprint density at radius 1 is 1.48 bits per heavy atom. The van der Waals surface area contributed by atoms with Gasteiger partial charge in [-0.1, -0.05) is 11.8 Å². The molecule has 0 spiro atoms. The number of rotatable bonds is 4. The first kappa shape index (κ1) is 14.0. The first-order valence-electron chi connectivity index (χ1n) is 6.14. The summed E-state index contributed by atoms with van der Waals surface area (Å²) in [6.07, 6.45) is 1.05. The van der Waals surface area contributed by atoms with Crippen molar-refractivity contribution in [1.82, 2.24) is 4.90 Å². The largest absolute Gasteiger partial charge is 0.512 e. The molecule has 3 rings (SSSR count). The molecule has 3 heterocycles. The third kappa shape index (κ3) is 2.28. The molecule has 3 atom stereocenters. The van der Waals surface area contributed by atoms with E-state index in [4.69, 9.17) is 19.7 Å². The van der Waals surface area contributed by atoms with Gasteiger partial charge in [0.25, 0.3) is 0 Å². The van der Waals surface area contributed by atoms with Gasteiger partial charge in [-0.15, -0.1) is 0 Å². The van der Waals surface area contributed by atoms with E-state index in [9.17, 15) is 14.4 Å². The van der Waals surface area contributed by atoms with E-state index in [2.05, 4.69) is 0 Å². The normalized spacial score (nSPS) is 30.3. The second-order valence-corrected chi connectivity index (χ2v) is 5.85. The first-order valence-corrected chi connectivity index (χ1v) is 7.02. The predicted molar refractivity (Wildman–Crippen MR) is 68.6 cm³/mol. The standard InChI is InChI=1S/C12H11NO7S/c14-4-6-9(16)13-10(20-12(17)18)7(21-11(6)13)3-5-1-2-8(15)19-5/h1-2,5-6,11,14H,3-4H2,(H,17,18)/t5-,6-,11+/m0/s1. The van der Waals surface area contributed by atoms with Crippen LogP contribution in [0.15, 0.2) is 22.9 Å². The monoisotopic (exact) mass is 313 g/mol. The fourth-order valence-electron chi connectivity index (χ4n) is 2.40. The number of hydrogen-bond donors (Lipinski definition) is 2. The lowest BCUT2D eigenvalue weighted by atomic mass is 10.00. The minimum absolute atomic E-state index is 0.0523. The number of ether oxygens (including phenoxy) is 2. The zero-order valence-electron chi connectivity index (χ0n) is 10.6. The summed E-state index contributed by atoms with van der Waals surface area (Å²) in [5.41, 5.74) is 0. The highest BCUT2D eigenvalue weighted by atomic mass is 32.2. The van der Waals surface area contributed by atoms with Crippen molar-refractivity contribution in [3.8, 4) is 0 Å². The Morgan fingerprint density at radius 2 is 2.24 bits per heavy atom. The van der Waals surface area contributed by atoms with Gasteiger partial charge >= 0.3 is 12.1 Å². The van der Waals surface area contributed by atoms with Gasteiger partial charge in [-0.25, -0.2) is 9.59 Å². The van der Waals surface area contributed by atoms with Gasteiger partial charge in [-0.2, -0.15) is 0 Å². The van der Waals surface area contributed by atoms with Crippen LogP contribution in [0.25, 0.3) is 0 Å². The molecule has 0 aromatic carbocycles. The van der Waals surface area contributed by atoms with Crippen LogP contribution in [-0.4, -0.2) is 51.2 Å². The van der Waals surface area contributed by atoms with Gasteiger partial charge in [-0.05, 0) is 6.08 Å². The second kappa shape index (κ2) is 5.08. The van der Waals surface area contributed by atoms with Gasteiger partial charge in [0.15, 0.2) is 0 Å². The number of thioether (sulfide) groups is 1. The lowest BCUT2D eigenvalue weighted by Gasteiger charge is -2.40. The molecule has 2 N–H and O–H groups in total. The number of fused-ring (bicyclic) bond motifs is 1. The third-order valence-electron chi connectivity index (χ3n) is 3.36. The first-order chi connectivity index (χ1) is 10.0. The summed E-state index contributed by atoms with van der Waals surface area (Å²) in [6.45, 7) is -0.307. The highest BCUT2D eigenvalue weighted by molar-refractivity contribution is 8.04. The fourth-order valence-corrected chi connectivity index (χ4v) is 3.87. The minimum Gasteiger partial charge on any atom is -0.455 e. The average molecular weight is 313 g/mol. The van der Waals surface area contributed by atoms with E-state index < -0.39 is 24.1 Å². The smallest absolute Gasteiger partial charge is 0.455 e. The van der Waals surface area contributed by atoms with Crippen LogP contribution >= 0.6 is 11.8 Å². The number of esters is 1. The predicted octanol–water partition coefficient (Wildman–Crippen LogP) is 0.245. The quantitative estimate of drug-likeness (QED) is 0.561. The summed E-state index contributed by atoms with van der Waals surface area (Å²) >= 11 is 1.25.